The molecule has 0 aliphatic rings. The highest BCUT2D eigenvalue weighted by Crippen LogP contribution is 2.13. The third-order valence-corrected chi connectivity index (χ3v) is 2.14. The Hall–Kier alpha value is 0.415. The minimum Gasteiger partial charge on any atom is -0.218 e. The van der Waals surface area contributed by atoms with Gasteiger partial charge in [0.15, 0.2) is 6.56 Å². The highest BCUT2D eigenvalue weighted by Gasteiger charge is 1.98. The van der Waals surface area contributed by atoms with E-state index >= 15 is 0 Å². The van der Waals surface area contributed by atoms with Crippen LogP contribution in [0, 0.1) is 0 Å². The lowest BCUT2D eigenvalue weighted by Crippen LogP contribution is -1.92. The zero-order chi connectivity index (χ0) is 6.41. The van der Waals surface area contributed by atoms with Crippen molar-refractivity contribution in [2.75, 3.05) is 6.26 Å². The van der Waals surface area contributed by atoms with Crippen LogP contribution >= 0.6 is 11.6 Å². The molecule has 0 radical (unpaired) electrons. The van der Waals surface area contributed by atoms with Crippen LogP contribution in [0.5, 0.6) is 0 Å². The maximum absolute atomic E-state index is 2.32. The van der Waals surface area contributed by atoms with Gasteiger partial charge in [-0.25, -0.2) is 11.6 Å². The average molecular weight is 130 g/mol. The molecule has 1 atom stereocenters. The van der Waals surface area contributed by atoms with Crippen LogP contribution < -0.4 is 0 Å². The van der Waals surface area contributed by atoms with Gasteiger partial charge in [-0.1, -0.05) is 32.5 Å². The molecule has 8 heavy (non-hydrogen) atoms. The Balaban J connectivity index is 2.92. The van der Waals surface area contributed by atoms with E-state index in [1.54, 1.807) is 0 Å². The summed E-state index contributed by atoms with van der Waals surface area (Å²) in [5, 5.41) is 0. The Morgan fingerprint density at radius 3 is 2.62 bits per heavy atom. The van der Waals surface area contributed by atoms with Crippen LogP contribution in [0.25, 0.3) is 0 Å². The molecule has 0 fully saturated rings. The summed E-state index contributed by atoms with van der Waals surface area (Å²) in [4.78, 5) is 0. The smallest absolute Gasteiger partial charge is 0.194 e. The number of hydrogen-bond donors (Lipinski definition) is 0. The summed E-state index contributed by atoms with van der Waals surface area (Å²) in [6.07, 6.45) is 4.90. The SMILES string of the molecule is CCCC(C)BSC. The van der Waals surface area contributed by atoms with Crippen LogP contribution in [0.1, 0.15) is 26.7 Å². The van der Waals surface area contributed by atoms with Crippen LogP contribution in [0.3, 0.4) is 0 Å². The van der Waals surface area contributed by atoms with Crippen LogP contribution in [0.15, 0.2) is 0 Å². The molecule has 0 N–H and O–H groups in total. The van der Waals surface area contributed by atoms with Crippen molar-refractivity contribution in [2.45, 2.75) is 32.5 Å². The van der Waals surface area contributed by atoms with Crippen LogP contribution in [0.2, 0.25) is 5.82 Å². The van der Waals surface area contributed by atoms with Crippen LogP contribution in [-0.2, 0) is 0 Å². The van der Waals surface area contributed by atoms with Gasteiger partial charge in [-0.3, -0.25) is 0 Å². The third kappa shape index (κ3) is 4.57. The highest BCUT2D eigenvalue weighted by atomic mass is 32.2. The van der Waals surface area contributed by atoms with Gasteiger partial charge in [0.1, 0.15) is 0 Å². The molecule has 48 valence electrons. The fourth-order valence-electron chi connectivity index (χ4n) is 0.861. The van der Waals surface area contributed by atoms with Crippen molar-refractivity contribution < 1.29 is 0 Å². The molecule has 0 heterocycles. The molecule has 0 aromatic carbocycles. The van der Waals surface area contributed by atoms with Crippen molar-refractivity contribution in [3.63, 3.8) is 0 Å². The number of rotatable bonds is 4. The molecule has 0 rings (SSSR count). The first-order valence-electron chi connectivity index (χ1n) is 3.30. The summed E-state index contributed by atoms with van der Waals surface area (Å²) >= 11 is 1.95. The van der Waals surface area contributed by atoms with Crippen LogP contribution in [-0.4, -0.2) is 12.8 Å². The Bertz CT molecular complexity index is 41.8. The van der Waals surface area contributed by atoms with Crippen molar-refractivity contribution in [1.82, 2.24) is 0 Å². The lowest BCUT2D eigenvalue weighted by Gasteiger charge is -2.03. The first-order chi connectivity index (χ1) is 3.81. The van der Waals surface area contributed by atoms with E-state index in [0.717, 1.165) is 5.82 Å². The second kappa shape index (κ2) is 5.55. The van der Waals surface area contributed by atoms with Gasteiger partial charge >= 0.3 is 0 Å². The molecular formula is C6H15BS. The van der Waals surface area contributed by atoms with Gasteiger partial charge in [-0.05, 0) is 6.26 Å². The van der Waals surface area contributed by atoms with Crippen molar-refractivity contribution >= 4 is 18.2 Å². The molecule has 2 heteroatoms. The standard InChI is InChI=1S/C6H15BS/c1-4-5-6(2)7-8-3/h6-7H,4-5H2,1-3H3. The Kier molecular flexibility index (Phi) is 5.84. The average Bonchev–Trinajstić information content (AvgIpc) is 1.68. The number of hydrogen-bond acceptors (Lipinski definition) is 1. The third-order valence-electron chi connectivity index (χ3n) is 1.23. The van der Waals surface area contributed by atoms with E-state index in [9.17, 15) is 0 Å². The molecule has 0 aliphatic heterocycles. The van der Waals surface area contributed by atoms with Gasteiger partial charge in [-0.15, -0.1) is 0 Å². The molecule has 0 saturated carbocycles. The maximum atomic E-state index is 2.32. The molecule has 0 bridgehead atoms. The lowest BCUT2D eigenvalue weighted by molar-refractivity contribution is 0.768. The second-order valence-electron chi connectivity index (χ2n) is 2.35. The fraction of sp³-hybridized carbons (Fsp3) is 1.00. The van der Waals surface area contributed by atoms with E-state index in [4.69, 9.17) is 0 Å². The molecule has 0 aromatic heterocycles. The van der Waals surface area contributed by atoms with E-state index in [1.807, 2.05) is 11.6 Å². The molecule has 0 aliphatic carbocycles. The molecule has 0 nitrogen and oxygen atoms in total. The minimum absolute atomic E-state index is 0.926. The van der Waals surface area contributed by atoms with Crippen molar-refractivity contribution in [2.24, 2.45) is 0 Å². The Labute approximate surface area is 57.6 Å². The van der Waals surface area contributed by atoms with Crippen molar-refractivity contribution in [3.8, 4) is 0 Å². The predicted molar refractivity (Wildman–Crippen MR) is 45.0 cm³/mol. The first-order valence-corrected chi connectivity index (χ1v) is 4.69. The van der Waals surface area contributed by atoms with Crippen molar-refractivity contribution in [1.29, 1.82) is 0 Å². The van der Waals surface area contributed by atoms with Gasteiger partial charge in [0, 0.05) is 0 Å². The fourth-order valence-corrected chi connectivity index (χ4v) is 1.60. The summed E-state index contributed by atoms with van der Waals surface area (Å²) in [7, 11) is 0. The highest BCUT2D eigenvalue weighted by molar-refractivity contribution is 8.22. The van der Waals surface area contributed by atoms with E-state index in [1.165, 1.54) is 19.4 Å². The molecule has 0 amide bonds. The summed E-state index contributed by atoms with van der Waals surface area (Å²) < 4.78 is 0. The van der Waals surface area contributed by atoms with Crippen LogP contribution in [0.4, 0.5) is 0 Å². The quantitative estimate of drug-likeness (QED) is 0.526. The monoisotopic (exact) mass is 130 g/mol. The zero-order valence-corrected chi connectivity index (χ0v) is 6.92. The van der Waals surface area contributed by atoms with Gasteiger partial charge in [0.2, 0.25) is 0 Å². The van der Waals surface area contributed by atoms with Gasteiger partial charge in [0.05, 0.1) is 0 Å². The zero-order valence-electron chi connectivity index (χ0n) is 6.11. The molecule has 0 spiro atoms. The van der Waals surface area contributed by atoms with E-state index in [2.05, 4.69) is 20.1 Å². The largest absolute Gasteiger partial charge is 0.218 e. The molecule has 0 saturated heterocycles. The summed E-state index contributed by atoms with van der Waals surface area (Å²) in [6.45, 7) is 5.89. The summed E-state index contributed by atoms with van der Waals surface area (Å²) in [6, 6.07) is 0. The Morgan fingerprint density at radius 2 is 2.25 bits per heavy atom. The van der Waals surface area contributed by atoms with E-state index < -0.39 is 0 Å². The first kappa shape index (κ1) is 8.41. The minimum atomic E-state index is 0.926. The molecule has 0 aromatic rings. The van der Waals surface area contributed by atoms with E-state index in [0.29, 0.717) is 0 Å². The van der Waals surface area contributed by atoms with Gasteiger partial charge in [-0.2, -0.15) is 0 Å². The van der Waals surface area contributed by atoms with E-state index in [-0.39, 0.29) is 0 Å². The van der Waals surface area contributed by atoms with Gasteiger partial charge < -0.3 is 0 Å². The van der Waals surface area contributed by atoms with Crippen molar-refractivity contribution in [3.05, 3.63) is 0 Å². The molecular weight excluding hydrogens is 115 g/mol. The topological polar surface area (TPSA) is 0 Å². The maximum Gasteiger partial charge on any atom is 0.194 e. The Morgan fingerprint density at radius 1 is 1.62 bits per heavy atom. The van der Waals surface area contributed by atoms with Gasteiger partial charge in [0.25, 0.3) is 0 Å². The normalized spacial score (nSPS) is 13.4. The second-order valence-corrected chi connectivity index (χ2v) is 3.26. The summed E-state index contributed by atoms with van der Waals surface area (Å²) in [5.74, 6) is 0.926. The molecule has 1 unspecified atom stereocenters. The predicted octanol–water partition coefficient (Wildman–Crippen LogP) is 2.31. The lowest BCUT2D eigenvalue weighted by atomic mass is 9.84. The summed E-state index contributed by atoms with van der Waals surface area (Å²) in [5.41, 5.74) is 0.